The number of carbonyl (C=O) groups is 2. The maximum atomic E-state index is 10.8. The summed E-state index contributed by atoms with van der Waals surface area (Å²) in [7, 11) is 0. The highest BCUT2D eigenvalue weighted by Gasteiger charge is 2.36. The maximum Gasteiger partial charge on any atom is 0.329 e. The molecule has 0 aromatic carbocycles. The summed E-state index contributed by atoms with van der Waals surface area (Å²) in [5.41, 5.74) is -1.03. The van der Waals surface area contributed by atoms with E-state index in [4.69, 9.17) is 5.11 Å². The summed E-state index contributed by atoms with van der Waals surface area (Å²) in [5.74, 6) is -1.12. The average Bonchev–Trinajstić information content (AvgIpc) is 1.86. The van der Waals surface area contributed by atoms with Crippen molar-refractivity contribution in [3.8, 4) is 0 Å². The lowest BCUT2D eigenvalue weighted by atomic mass is 9.91. The summed E-state index contributed by atoms with van der Waals surface area (Å²) in [5, 5.41) is 11.2. The molecular formula is C7H11NO3. The standard InChI is InChI=1S/C7H11NO3/c1-7(6(10)11)4-2-3-5(9)8-7/h2-4H2,1H3,(H,8,9)(H,10,11)/t7-/m1/s1. The number of aliphatic carboxylic acids is 1. The van der Waals surface area contributed by atoms with Gasteiger partial charge in [0.2, 0.25) is 5.91 Å². The summed E-state index contributed by atoms with van der Waals surface area (Å²) in [4.78, 5) is 21.4. The van der Waals surface area contributed by atoms with Crippen molar-refractivity contribution in [1.29, 1.82) is 0 Å². The Bertz CT molecular complexity index is 202. The Morgan fingerprint density at radius 1 is 1.73 bits per heavy atom. The molecule has 1 fully saturated rings. The van der Waals surface area contributed by atoms with Gasteiger partial charge < -0.3 is 10.4 Å². The van der Waals surface area contributed by atoms with E-state index in [2.05, 4.69) is 5.32 Å². The van der Waals surface area contributed by atoms with E-state index in [1.165, 1.54) is 6.92 Å². The fraction of sp³-hybridized carbons (Fsp3) is 0.714. The fourth-order valence-electron chi connectivity index (χ4n) is 1.20. The number of carbonyl (C=O) groups excluding carboxylic acids is 1. The maximum absolute atomic E-state index is 10.8. The quantitative estimate of drug-likeness (QED) is 0.568. The molecule has 2 N–H and O–H groups in total. The van der Waals surface area contributed by atoms with Crippen molar-refractivity contribution in [2.75, 3.05) is 0 Å². The Balaban J connectivity index is 2.70. The zero-order chi connectivity index (χ0) is 8.48. The molecule has 1 rings (SSSR count). The molecule has 0 radical (unpaired) electrons. The molecular weight excluding hydrogens is 146 g/mol. The molecule has 1 heterocycles. The van der Waals surface area contributed by atoms with Crippen LogP contribution in [-0.4, -0.2) is 22.5 Å². The molecule has 1 amide bonds. The Hall–Kier alpha value is -1.06. The van der Waals surface area contributed by atoms with Gasteiger partial charge in [0.25, 0.3) is 0 Å². The van der Waals surface area contributed by atoms with Crippen LogP contribution in [0.15, 0.2) is 0 Å². The predicted octanol–water partition coefficient (Wildman–Crippen LogP) is 0.130. The number of nitrogens with one attached hydrogen (secondary N) is 1. The second-order valence-corrected chi connectivity index (χ2v) is 3.04. The number of carboxylic acid groups (broad SMARTS) is 1. The number of amides is 1. The van der Waals surface area contributed by atoms with Crippen LogP contribution >= 0.6 is 0 Å². The molecule has 62 valence electrons. The van der Waals surface area contributed by atoms with E-state index in [0.717, 1.165) is 0 Å². The highest BCUT2D eigenvalue weighted by Crippen LogP contribution is 2.18. The van der Waals surface area contributed by atoms with Crippen molar-refractivity contribution < 1.29 is 14.7 Å². The Morgan fingerprint density at radius 2 is 2.36 bits per heavy atom. The molecule has 0 saturated carbocycles. The van der Waals surface area contributed by atoms with E-state index >= 15 is 0 Å². The van der Waals surface area contributed by atoms with Gasteiger partial charge in [-0.2, -0.15) is 0 Å². The van der Waals surface area contributed by atoms with Crippen LogP contribution in [0.25, 0.3) is 0 Å². The molecule has 0 aromatic rings. The van der Waals surface area contributed by atoms with Crippen molar-refractivity contribution in [3.63, 3.8) is 0 Å². The van der Waals surface area contributed by atoms with Gasteiger partial charge in [0, 0.05) is 6.42 Å². The highest BCUT2D eigenvalue weighted by atomic mass is 16.4. The monoisotopic (exact) mass is 157 g/mol. The van der Waals surface area contributed by atoms with Crippen molar-refractivity contribution in [1.82, 2.24) is 5.32 Å². The Morgan fingerprint density at radius 3 is 2.73 bits per heavy atom. The highest BCUT2D eigenvalue weighted by molar-refractivity contribution is 5.87. The van der Waals surface area contributed by atoms with Crippen molar-refractivity contribution in [2.24, 2.45) is 0 Å². The molecule has 1 atom stereocenters. The third-order valence-electron chi connectivity index (χ3n) is 1.97. The first kappa shape index (κ1) is 8.04. The van der Waals surface area contributed by atoms with E-state index in [1.54, 1.807) is 0 Å². The Kier molecular flexibility index (Phi) is 1.85. The number of piperidine rings is 1. The minimum absolute atomic E-state index is 0.166. The van der Waals surface area contributed by atoms with Gasteiger partial charge in [0.15, 0.2) is 0 Å². The van der Waals surface area contributed by atoms with Crippen molar-refractivity contribution in [3.05, 3.63) is 0 Å². The molecule has 1 saturated heterocycles. The number of rotatable bonds is 1. The first-order chi connectivity index (χ1) is 5.04. The largest absolute Gasteiger partial charge is 0.480 e. The van der Waals surface area contributed by atoms with Gasteiger partial charge in [0.1, 0.15) is 5.54 Å². The summed E-state index contributed by atoms with van der Waals surface area (Å²) in [6.45, 7) is 1.53. The van der Waals surface area contributed by atoms with E-state index in [0.29, 0.717) is 19.3 Å². The van der Waals surface area contributed by atoms with Crippen LogP contribution < -0.4 is 5.32 Å². The smallest absolute Gasteiger partial charge is 0.329 e. The number of hydrogen-bond acceptors (Lipinski definition) is 2. The minimum atomic E-state index is -1.03. The topological polar surface area (TPSA) is 66.4 Å². The van der Waals surface area contributed by atoms with Crippen LogP contribution in [0.1, 0.15) is 26.2 Å². The molecule has 4 heteroatoms. The molecule has 0 aliphatic carbocycles. The van der Waals surface area contributed by atoms with Crippen LogP contribution in [0, 0.1) is 0 Å². The van der Waals surface area contributed by atoms with Crippen molar-refractivity contribution in [2.45, 2.75) is 31.7 Å². The zero-order valence-corrected chi connectivity index (χ0v) is 6.39. The van der Waals surface area contributed by atoms with Crippen LogP contribution in [0.2, 0.25) is 0 Å². The lowest BCUT2D eigenvalue weighted by Crippen LogP contribution is -2.54. The molecule has 0 unspecified atom stereocenters. The fourth-order valence-corrected chi connectivity index (χ4v) is 1.20. The molecule has 0 spiro atoms. The lowest BCUT2D eigenvalue weighted by Gasteiger charge is -2.29. The normalized spacial score (nSPS) is 31.2. The van der Waals surface area contributed by atoms with Gasteiger partial charge in [-0.1, -0.05) is 0 Å². The summed E-state index contributed by atoms with van der Waals surface area (Å²) in [6, 6.07) is 0. The Labute approximate surface area is 64.6 Å². The van der Waals surface area contributed by atoms with E-state index < -0.39 is 11.5 Å². The molecule has 1 aliphatic rings. The number of hydrogen-bond donors (Lipinski definition) is 2. The van der Waals surface area contributed by atoms with Crippen molar-refractivity contribution >= 4 is 11.9 Å². The van der Waals surface area contributed by atoms with Gasteiger partial charge in [-0.3, -0.25) is 4.79 Å². The minimum Gasteiger partial charge on any atom is -0.480 e. The van der Waals surface area contributed by atoms with E-state index in [-0.39, 0.29) is 5.91 Å². The van der Waals surface area contributed by atoms with Gasteiger partial charge in [0.05, 0.1) is 0 Å². The first-order valence-electron chi connectivity index (χ1n) is 3.59. The van der Waals surface area contributed by atoms with Crippen LogP contribution in [-0.2, 0) is 9.59 Å². The summed E-state index contributed by atoms with van der Waals surface area (Å²) < 4.78 is 0. The van der Waals surface area contributed by atoms with Crippen LogP contribution in [0.3, 0.4) is 0 Å². The molecule has 11 heavy (non-hydrogen) atoms. The van der Waals surface area contributed by atoms with Gasteiger partial charge >= 0.3 is 5.97 Å². The average molecular weight is 157 g/mol. The third-order valence-corrected chi connectivity index (χ3v) is 1.97. The number of carboxylic acids is 1. The first-order valence-corrected chi connectivity index (χ1v) is 3.59. The van der Waals surface area contributed by atoms with E-state index in [1.807, 2.05) is 0 Å². The molecule has 4 nitrogen and oxygen atoms in total. The lowest BCUT2D eigenvalue weighted by molar-refractivity contribution is -0.148. The molecule has 0 aromatic heterocycles. The third kappa shape index (κ3) is 1.50. The van der Waals surface area contributed by atoms with Gasteiger partial charge in [-0.15, -0.1) is 0 Å². The van der Waals surface area contributed by atoms with E-state index in [9.17, 15) is 9.59 Å². The van der Waals surface area contributed by atoms with Gasteiger partial charge in [-0.05, 0) is 19.8 Å². The zero-order valence-electron chi connectivity index (χ0n) is 6.39. The molecule has 1 aliphatic heterocycles. The SMILES string of the molecule is C[C@]1(C(=O)O)CCCC(=O)N1. The summed E-state index contributed by atoms with van der Waals surface area (Å²) in [6.07, 6.45) is 1.63. The van der Waals surface area contributed by atoms with Crippen LogP contribution in [0.4, 0.5) is 0 Å². The molecule has 0 bridgehead atoms. The van der Waals surface area contributed by atoms with Gasteiger partial charge in [-0.25, -0.2) is 4.79 Å². The predicted molar refractivity (Wildman–Crippen MR) is 38.0 cm³/mol. The second kappa shape index (κ2) is 2.53. The van der Waals surface area contributed by atoms with Crippen LogP contribution in [0.5, 0.6) is 0 Å². The summed E-state index contributed by atoms with van der Waals surface area (Å²) >= 11 is 0. The second-order valence-electron chi connectivity index (χ2n) is 3.04.